The van der Waals surface area contributed by atoms with Gasteiger partial charge in [-0.3, -0.25) is 0 Å². The van der Waals surface area contributed by atoms with Crippen LogP contribution in [-0.4, -0.2) is 9.55 Å². The highest BCUT2D eigenvalue weighted by Gasteiger charge is 2.20. The van der Waals surface area contributed by atoms with Gasteiger partial charge < -0.3 is 8.98 Å². The number of aromatic nitrogens is 2. The minimum atomic E-state index is 0.909. The number of furan rings is 1. The van der Waals surface area contributed by atoms with Crippen LogP contribution in [0.5, 0.6) is 0 Å². The monoisotopic (exact) mass is 586 g/mol. The fourth-order valence-electron chi connectivity index (χ4n) is 7.33. The van der Waals surface area contributed by atoms with E-state index in [4.69, 9.17) is 9.40 Å². The summed E-state index contributed by atoms with van der Waals surface area (Å²) in [6.07, 6.45) is 0. The second-order valence-electron chi connectivity index (χ2n) is 11.9. The molecule has 0 N–H and O–H groups in total. The molecule has 0 unspecified atom stereocenters. The first-order valence-corrected chi connectivity index (χ1v) is 15.6. The van der Waals surface area contributed by atoms with Crippen molar-refractivity contribution >= 4 is 65.4 Å². The van der Waals surface area contributed by atoms with Gasteiger partial charge in [-0.15, -0.1) is 0 Å². The van der Waals surface area contributed by atoms with E-state index in [1.807, 2.05) is 12.1 Å². The summed E-state index contributed by atoms with van der Waals surface area (Å²) in [6, 6.07) is 55.9. The quantitative estimate of drug-likeness (QED) is 0.193. The Hall–Kier alpha value is -6.19. The first-order chi connectivity index (χ1) is 22.8. The predicted octanol–water partition coefficient (Wildman–Crippen LogP) is 11.7. The van der Waals surface area contributed by atoms with Gasteiger partial charge in [-0.2, -0.15) is 0 Å². The van der Waals surface area contributed by atoms with Gasteiger partial charge >= 0.3 is 0 Å². The van der Waals surface area contributed by atoms with Crippen LogP contribution in [0.15, 0.2) is 162 Å². The number of benzene rings is 7. The highest BCUT2D eigenvalue weighted by molar-refractivity contribution is 6.25. The minimum Gasteiger partial charge on any atom is -0.455 e. The Bertz CT molecular complexity index is 2790. The van der Waals surface area contributed by atoms with E-state index in [1.165, 1.54) is 27.2 Å². The lowest BCUT2D eigenvalue weighted by atomic mass is 9.95. The zero-order valence-electron chi connectivity index (χ0n) is 24.8. The van der Waals surface area contributed by atoms with E-state index in [0.29, 0.717) is 0 Å². The maximum atomic E-state index is 6.38. The van der Waals surface area contributed by atoms with Crippen LogP contribution in [0.4, 0.5) is 0 Å². The maximum absolute atomic E-state index is 6.38. The van der Waals surface area contributed by atoms with E-state index < -0.39 is 0 Å². The largest absolute Gasteiger partial charge is 0.455 e. The number of para-hydroxylation sites is 5. The zero-order chi connectivity index (χ0) is 30.2. The third-order valence-corrected chi connectivity index (χ3v) is 9.39. The second kappa shape index (κ2) is 9.65. The molecule has 0 amide bonds. The molecular formula is C43H26N2O. The average molecular weight is 587 g/mol. The summed E-state index contributed by atoms with van der Waals surface area (Å²) in [4.78, 5) is 5.38. The topological polar surface area (TPSA) is 31.0 Å². The molecule has 0 saturated heterocycles. The van der Waals surface area contributed by atoms with Crippen LogP contribution >= 0.6 is 0 Å². The summed E-state index contributed by atoms with van der Waals surface area (Å²) in [6.45, 7) is 0. The van der Waals surface area contributed by atoms with Crippen LogP contribution < -0.4 is 0 Å². The zero-order valence-corrected chi connectivity index (χ0v) is 24.8. The first-order valence-electron chi connectivity index (χ1n) is 15.6. The Morgan fingerprint density at radius 1 is 0.457 bits per heavy atom. The summed E-state index contributed by atoms with van der Waals surface area (Å²) in [5.41, 5.74) is 10.6. The third kappa shape index (κ3) is 3.57. The summed E-state index contributed by atoms with van der Waals surface area (Å²) in [7, 11) is 0. The number of pyridine rings is 1. The van der Waals surface area contributed by atoms with Crippen LogP contribution in [0.2, 0.25) is 0 Å². The molecule has 7 aromatic carbocycles. The van der Waals surface area contributed by atoms with Crippen molar-refractivity contribution in [1.29, 1.82) is 0 Å². The van der Waals surface area contributed by atoms with Crippen molar-refractivity contribution in [2.45, 2.75) is 0 Å². The van der Waals surface area contributed by atoms with Crippen LogP contribution in [0.25, 0.3) is 93.5 Å². The lowest BCUT2D eigenvalue weighted by Gasteiger charge is -2.15. The van der Waals surface area contributed by atoms with E-state index in [1.54, 1.807) is 0 Å². The van der Waals surface area contributed by atoms with Crippen molar-refractivity contribution in [2.24, 2.45) is 0 Å². The molecule has 3 aromatic heterocycles. The van der Waals surface area contributed by atoms with Gasteiger partial charge in [0.05, 0.1) is 22.2 Å². The molecule has 214 valence electrons. The molecule has 0 spiro atoms. The van der Waals surface area contributed by atoms with Crippen LogP contribution in [0.3, 0.4) is 0 Å². The van der Waals surface area contributed by atoms with Crippen LogP contribution in [0.1, 0.15) is 0 Å². The van der Waals surface area contributed by atoms with Gasteiger partial charge in [0.1, 0.15) is 11.2 Å². The normalized spacial score (nSPS) is 11.9. The SMILES string of the molecule is c1ccc(-n2c3ccccc3c3ccc4c5ccccc5nc(-c5ccc(-c6cccc7c6oc6ccccc67)cc5)c4c32)cc1. The molecule has 0 bridgehead atoms. The lowest BCUT2D eigenvalue weighted by Crippen LogP contribution is -1.97. The van der Waals surface area contributed by atoms with Crippen molar-refractivity contribution in [2.75, 3.05) is 0 Å². The van der Waals surface area contributed by atoms with E-state index in [9.17, 15) is 0 Å². The molecule has 0 aliphatic heterocycles. The van der Waals surface area contributed by atoms with Gasteiger partial charge in [0, 0.05) is 49.1 Å². The molecule has 0 aliphatic carbocycles. The Balaban J connectivity index is 1.27. The number of nitrogens with zero attached hydrogens (tertiary/aromatic N) is 2. The van der Waals surface area contributed by atoms with Gasteiger partial charge in [-0.05, 0) is 41.3 Å². The highest BCUT2D eigenvalue weighted by Crippen LogP contribution is 2.43. The molecule has 10 aromatic rings. The van der Waals surface area contributed by atoms with Gasteiger partial charge in [0.2, 0.25) is 0 Å². The summed E-state index contributed by atoms with van der Waals surface area (Å²) >= 11 is 0. The molecule has 46 heavy (non-hydrogen) atoms. The van der Waals surface area contributed by atoms with Gasteiger partial charge in [-0.1, -0.05) is 127 Å². The van der Waals surface area contributed by atoms with Gasteiger partial charge in [0.15, 0.2) is 0 Å². The molecule has 0 atom stereocenters. The minimum absolute atomic E-state index is 0.909. The fourth-order valence-corrected chi connectivity index (χ4v) is 7.33. The third-order valence-electron chi connectivity index (χ3n) is 9.39. The molecule has 0 fully saturated rings. The summed E-state index contributed by atoms with van der Waals surface area (Å²) in [5.74, 6) is 0. The lowest BCUT2D eigenvalue weighted by molar-refractivity contribution is 0.670. The molecule has 0 radical (unpaired) electrons. The van der Waals surface area contributed by atoms with Crippen molar-refractivity contribution in [3.63, 3.8) is 0 Å². The number of rotatable bonds is 3. The molecular weight excluding hydrogens is 560 g/mol. The smallest absolute Gasteiger partial charge is 0.143 e. The molecule has 0 aliphatic rings. The molecule has 0 saturated carbocycles. The number of hydrogen-bond donors (Lipinski definition) is 0. The first kappa shape index (κ1) is 25.2. The predicted molar refractivity (Wildman–Crippen MR) is 192 cm³/mol. The summed E-state index contributed by atoms with van der Waals surface area (Å²) in [5, 5.41) is 8.24. The summed E-state index contributed by atoms with van der Waals surface area (Å²) < 4.78 is 8.78. The number of hydrogen-bond acceptors (Lipinski definition) is 2. The van der Waals surface area contributed by atoms with Crippen molar-refractivity contribution in [1.82, 2.24) is 9.55 Å². The average Bonchev–Trinajstić information content (AvgIpc) is 3.68. The second-order valence-corrected chi connectivity index (χ2v) is 11.9. The van der Waals surface area contributed by atoms with Crippen LogP contribution in [-0.2, 0) is 0 Å². The maximum Gasteiger partial charge on any atom is 0.143 e. The van der Waals surface area contributed by atoms with E-state index in [-0.39, 0.29) is 0 Å². The Labute approximate surface area is 264 Å². The number of fused-ring (bicyclic) bond motifs is 10. The molecule has 10 rings (SSSR count). The van der Waals surface area contributed by atoms with E-state index >= 15 is 0 Å². The van der Waals surface area contributed by atoms with Gasteiger partial charge in [0.25, 0.3) is 0 Å². The Kier molecular flexibility index (Phi) is 5.28. The van der Waals surface area contributed by atoms with Gasteiger partial charge in [-0.25, -0.2) is 4.98 Å². The van der Waals surface area contributed by atoms with Crippen molar-refractivity contribution in [3.8, 4) is 28.1 Å². The van der Waals surface area contributed by atoms with E-state index in [0.717, 1.165) is 66.3 Å². The molecule has 3 heterocycles. The van der Waals surface area contributed by atoms with E-state index in [2.05, 4.69) is 150 Å². The Morgan fingerprint density at radius 2 is 1.13 bits per heavy atom. The molecule has 3 heteroatoms. The van der Waals surface area contributed by atoms with Crippen molar-refractivity contribution < 1.29 is 4.42 Å². The van der Waals surface area contributed by atoms with Crippen LogP contribution in [0, 0.1) is 0 Å². The highest BCUT2D eigenvalue weighted by atomic mass is 16.3. The van der Waals surface area contributed by atoms with Crippen molar-refractivity contribution in [3.05, 3.63) is 158 Å². The fraction of sp³-hybridized carbons (Fsp3) is 0. The Morgan fingerprint density at radius 3 is 2.00 bits per heavy atom. The molecule has 3 nitrogen and oxygen atoms in total. The standard InChI is InChI=1S/C43H26N2O/c1-2-11-29(12-3-1)45-38-19-8-5-14-32(38)35-26-25-34-31-13-4-7-18-37(31)44-41(40(34)42(35)45)28-23-21-27(22-24-28)30-16-10-17-36-33-15-6-9-20-39(33)46-43(30)36/h1-26H.